The summed E-state index contributed by atoms with van der Waals surface area (Å²) in [5.41, 5.74) is 0.794. The first-order valence-electron chi connectivity index (χ1n) is 8.00. The third kappa shape index (κ3) is 4.83. The van der Waals surface area contributed by atoms with Crippen LogP contribution >= 0.6 is 0 Å². The quantitative estimate of drug-likeness (QED) is 0.898. The number of anilines is 1. The molecule has 0 atom stereocenters. The van der Waals surface area contributed by atoms with Gasteiger partial charge in [0.2, 0.25) is 5.91 Å². The lowest BCUT2D eigenvalue weighted by Gasteiger charge is -2.21. The lowest BCUT2D eigenvalue weighted by molar-refractivity contribution is -0.117. The Bertz CT molecular complexity index is 619. The SMILES string of the molecule is O=C(CC1CCOCC1)Nc1ccc(Oc2ccccc2)cc1. The summed E-state index contributed by atoms with van der Waals surface area (Å²) >= 11 is 0. The zero-order valence-corrected chi connectivity index (χ0v) is 13.0. The second-order valence-corrected chi connectivity index (χ2v) is 5.75. The Morgan fingerprint density at radius 1 is 1.00 bits per heavy atom. The van der Waals surface area contributed by atoms with Crippen LogP contribution in [0.15, 0.2) is 54.6 Å². The maximum atomic E-state index is 12.1. The molecule has 1 aliphatic heterocycles. The fourth-order valence-electron chi connectivity index (χ4n) is 2.66. The van der Waals surface area contributed by atoms with Gasteiger partial charge in [0.1, 0.15) is 11.5 Å². The highest BCUT2D eigenvalue weighted by atomic mass is 16.5. The predicted molar refractivity (Wildman–Crippen MR) is 89.7 cm³/mol. The molecule has 1 N–H and O–H groups in total. The van der Waals surface area contributed by atoms with Gasteiger partial charge in [-0.2, -0.15) is 0 Å². The maximum Gasteiger partial charge on any atom is 0.224 e. The van der Waals surface area contributed by atoms with E-state index in [1.54, 1.807) is 0 Å². The minimum atomic E-state index is 0.0635. The van der Waals surface area contributed by atoms with Gasteiger partial charge in [-0.3, -0.25) is 4.79 Å². The first-order valence-corrected chi connectivity index (χ1v) is 8.00. The summed E-state index contributed by atoms with van der Waals surface area (Å²) in [6, 6.07) is 17.1. The highest BCUT2D eigenvalue weighted by Gasteiger charge is 2.17. The average molecular weight is 311 g/mol. The number of nitrogens with one attached hydrogen (secondary N) is 1. The lowest BCUT2D eigenvalue weighted by Crippen LogP contribution is -2.22. The number of hydrogen-bond acceptors (Lipinski definition) is 3. The Morgan fingerprint density at radius 2 is 1.65 bits per heavy atom. The molecule has 1 saturated heterocycles. The minimum Gasteiger partial charge on any atom is -0.457 e. The highest BCUT2D eigenvalue weighted by Crippen LogP contribution is 2.23. The van der Waals surface area contributed by atoms with Crippen LogP contribution in [0.5, 0.6) is 11.5 Å². The topological polar surface area (TPSA) is 47.6 Å². The van der Waals surface area contributed by atoms with Gasteiger partial charge in [0.25, 0.3) is 0 Å². The molecule has 0 unspecified atom stereocenters. The summed E-state index contributed by atoms with van der Waals surface area (Å²) in [5.74, 6) is 2.04. The molecule has 1 heterocycles. The van der Waals surface area contributed by atoms with Crippen LogP contribution in [0.4, 0.5) is 5.69 Å². The molecule has 2 aromatic rings. The molecular formula is C19H21NO3. The molecule has 120 valence electrons. The summed E-state index contributed by atoms with van der Waals surface area (Å²) in [4.78, 5) is 12.1. The van der Waals surface area contributed by atoms with Crippen molar-refractivity contribution in [3.05, 3.63) is 54.6 Å². The van der Waals surface area contributed by atoms with Crippen LogP contribution in [0.3, 0.4) is 0 Å². The molecule has 1 fully saturated rings. The van der Waals surface area contributed by atoms with Crippen molar-refractivity contribution in [1.82, 2.24) is 0 Å². The van der Waals surface area contributed by atoms with E-state index in [-0.39, 0.29) is 5.91 Å². The Hall–Kier alpha value is -2.33. The van der Waals surface area contributed by atoms with E-state index < -0.39 is 0 Å². The van der Waals surface area contributed by atoms with Crippen LogP contribution in [0.2, 0.25) is 0 Å². The van der Waals surface area contributed by atoms with Crippen molar-refractivity contribution in [3.8, 4) is 11.5 Å². The second-order valence-electron chi connectivity index (χ2n) is 5.75. The number of rotatable bonds is 5. The largest absolute Gasteiger partial charge is 0.457 e. The molecule has 0 spiro atoms. The van der Waals surface area contributed by atoms with Crippen LogP contribution in [-0.2, 0) is 9.53 Å². The number of carbonyl (C=O) groups excluding carboxylic acids is 1. The Kier molecular flexibility index (Phi) is 5.27. The van der Waals surface area contributed by atoms with Gasteiger partial charge >= 0.3 is 0 Å². The van der Waals surface area contributed by atoms with E-state index in [0.29, 0.717) is 12.3 Å². The molecule has 2 aromatic carbocycles. The zero-order valence-electron chi connectivity index (χ0n) is 13.0. The summed E-state index contributed by atoms with van der Waals surface area (Å²) in [6.45, 7) is 1.53. The third-order valence-electron chi connectivity index (χ3n) is 3.93. The Morgan fingerprint density at radius 3 is 2.35 bits per heavy atom. The van der Waals surface area contributed by atoms with Crippen LogP contribution in [0.25, 0.3) is 0 Å². The van der Waals surface area contributed by atoms with Gasteiger partial charge in [-0.25, -0.2) is 0 Å². The van der Waals surface area contributed by atoms with Gasteiger partial charge < -0.3 is 14.8 Å². The fourth-order valence-corrected chi connectivity index (χ4v) is 2.66. The van der Waals surface area contributed by atoms with Crippen LogP contribution in [0.1, 0.15) is 19.3 Å². The Balaban J connectivity index is 1.51. The van der Waals surface area contributed by atoms with Gasteiger partial charge in [-0.1, -0.05) is 18.2 Å². The summed E-state index contributed by atoms with van der Waals surface area (Å²) in [7, 11) is 0. The van der Waals surface area contributed by atoms with Crippen molar-refractivity contribution in [3.63, 3.8) is 0 Å². The summed E-state index contributed by atoms with van der Waals surface area (Å²) < 4.78 is 11.0. The number of ether oxygens (including phenoxy) is 2. The van der Waals surface area contributed by atoms with Crippen LogP contribution in [0, 0.1) is 5.92 Å². The molecule has 23 heavy (non-hydrogen) atoms. The van der Waals surface area contributed by atoms with E-state index in [9.17, 15) is 4.79 Å². The first kappa shape index (κ1) is 15.6. The maximum absolute atomic E-state index is 12.1. The molecule has 3 rings (SSSR count). The van der Waals surface area contributed by atoms with Gasteiger partial charge in [0.15, 0.2) is 0 Å². The van der Waals surface area contributed by atoms with E-state index in [1.165, 1.54) is 0 Å². The van der Waals surface area contributed by atoms with Crippen LogP contribution < -0.4 is 10.1 Å². The minimum absolute atomic E-state index is 0.0635. The molecule has 0 bridgehead atoms. The van der Waals surface area contributed by atoms with Crippen molar-refractivity contribution >= 4 is 11.6 Å². The molecule has 4 nitrogen and oxygen atoms in total. The van der Waals surface area contributed by atoms with Crippen LogP contribution in [-0.4, -0.2) is 19.1 Å². The van der Waals surface area contributed by atoms with E-state index in [0.717, 1.165) is 43.2 Å². The standard InChI is InChI=1S/C19H21NO3/c21-19(14-15-10-12-22-13-11-15)20-16-6-8-18(9-7-16)23-17-4-2-1-3-5-17/h1-9,15H,10-14H2,(H,20,21). The number of carbonyl (C=O) groups is 1. The summed E-state index contributed by atoms with van der Waals surface area (Å²) in [5, 5.41) is 2.94. The Labute approximate surface area is 136 Å². The smallest absolute Gasteiger partial charge is 0.224 e. The lowest BCUT2D eigenvalue weighted by atomic mass is 9.96. The monoisotopic (exact) mass is 311 g/mol. The molecule has 0 aromatic heterocycles. The number of amides is 1. The van der Waals surface area contributed by atoms with Crippen molar-refractivity contribution in [2.24, 2.45) is 5.92 Å². The molecule has 0 saturated carbocycles. The molecule has 1 aliphatic rings. The van der Waals surface area contributed by atoms with E-state index in [4.69, 9.17) is 9.47 Å². The van der Waals surface area contributed by atoms with E-state index in [2.05, 4.69) is 5.32 Å². The number of benzene rings is 2. The molecular weight excluding hydrogens is 290 g/mol. The van der Waals surface area contributed by atoms with Crippen molar-refractivity contribution in [1.29, 1.82) is 0 Å². The predicted octanol–water partition coefficient (Wildman–Crippen LogP) is 4.23. The summed E-state index contributed by atoms with van der Waals surface area (Å²) in [6.07, 6.45) is 2.50. The normalized spacial score (nSPS) is 15.1. The zero-order chi connectivity index (χ0) is 15.9. The highest BCUT2D eigenvalue weighted by molar-refractivity contribution is 5.90. The van der Waals surface area contributed by atoms with Crippen molar-refractivity contribution in [2.45, 2.75) is 19.3 Å². The van der Waals surface area contributed by atoms with E-state index >= 15 is 0 Å². The van der Waals surface area contributed by atoms with Gasteiger partial charge in [-0.15, -0.1) is 0 Å². The third-order valence-corrected chi connectivity index (χ3v) is 3.93. The molecule has 0 aliphatic carbocycles. The van der Waals surface area contributed by atoms with E-state index in [1.807, 2.05) is 54.6 Å². The van der Waals surface area contributed by atoms with Gasteiger partial charge in [-0.05, 0) is 55.2 Å². The fraction of sp³-hybridized carbons (Fsp3) is 0.316. The van der Waals surface area contributed by atoms with Crippen molar-refractivity contribution < 1.29 is 14.3 Å². The van der Waals surface area contributed by atoms with Crippen molar-refractivity contribution in [2.75, 3.05) is 18.5 Å². The number of hydrogen-bond donors (Lipinski definition) is 1. The molecule has 4 heteroatoms. The first-order chi connectivity index (χ1) is 11.3. The van der Waals surface area contributed by atoms with Gasteiger partial charge in [0, 0.05) is 25.3 Å². The number of para-hydroxylation sites is 1. The second kappa shape index (κ2) is 7.79. The molecule has 0 radical (unpaired) electrons. The average Bonchev–Trinajstić information content (AvgIpc) is 2.58. The van der Waals surface area contributed by atoms with Gasteiger partial charge in [0.05, 0.1) is 0 Å². The molecule has 1 amide bonds.